The molecule has 6 rings (SSSR count). The molecule has 2 aromatic rings. The number of carboxylic acids is 1. The second-order valence-corrected chi connectivity index (χ2v) is 13.0. The van der Waals surface area contributed by atoms with Crippen molar-refractivity contribution in [2.24, 2.45) is 17.8 Å². The molecule has 6 nitrogen and oxygen atoms in total. The SMILES string of the molecule is CCCO[C@@H]1C[C@@H]([C@@H]2CC[C@H]2CN2C[C@@]3(CCCc4cc(Cl)ccc43)COc3ccc(C(=O)O)cc32)OC[C@@H]1C. The van der Waals surface area contributed by atoms with Crippen LogP contribution in [0.25, 0.3) is 0 Å². The van der Waals surface area contributed by atoms with Gasteiger partial charge in [0.25, 0.3) is 0 Å². The summed E-state index contributed by atoms with van der Waals surface area (Å²) < 4.78 is 19.2. The highest BCUT2D eigenvalue weighted by Gasteiger charge is 2.46. The van der Waals surface area contributed by atoms with Gasteiger partial charge in [-0.2, -0.15) is 0 Å². The van der Waals surface area contributed by atoms with Crippen LogP contribution in [-0.4, -0.2) is 56.2 Å². The standard InChI is InChI=1S/C33H42ClNO5/c1-3-13-38-30-16-31(39-18-21(30)2)26-9-6-24(26)17-35-19-33(12-4-5-22-14-25(34)8-10-27(22)33)20-40-29-11-7-23(32(36)37)15-28(29)35/h7-8,10-11,14-15,21,24,26,30-31H,3-6,9,12-13,16-20H2,1-2H3,(H,36,37)/t21-,24-,26+,30+,31-,33-/m0/s1. The Hall–Kier alpha value is -2.28. The number of ether oxygens (including phenoxy) is 3. The minimum atomic E-state index is -0.913. The Labute approximate surface area is 242 Å². The van der Waals surface area contributed by atoms with Crippen LogP contribution >= 0.6 is 11.6 Å². The van der Waals surface area contributed by atoms with Crippen molar-refractivity contribution in [1.82, 2.24) is 0 Å². The van der Waals surface area contributed by atoms with E-state index in [-0.39, 0.29) is 17.6 Å². The highest BCUT2D eigenvalue weighted by molar-refractivity contribution is 6.30. The second kappa shape index (κ2) is 11.5. The van der Waals surface area contributed by atoms with Crippen molar-refractivity contribution in [3.63, 3.8) is 0 Å². The number of rotatable bonds is 7. The fraction of sp³-hybridized carbons (Fsp3) is 0.606. The number of nitrogens with zero attached hydrogens (tertiary/aromatic N) is 1. The highest BCUT2D eigenvalue weighted by Crippen LogP contribution is 2.47. The van der Waals surface area contributed by atoms with Crippen molar-refractivity contribution in [2.75, 3.05) is 37.8 Å². The predicted molar refractivity (Wildman–Crippen MR) is 157 cm³/mol. The summed E-state index contributed by atoms with van der Waals surface area (Å²) in [6.45, 7) is 8.20. The number of hydrogen-bond acceptors (Lipinski definition) is 5. The molecule has 2 aliphatic heterocycles. The third kappa shape index (κ3) is 5.35. The highest BCUT2D eigenvalue weighted by atomic mass is 35.5. The molecule has 4 aliphatic rings. The first-order valence-corrected chi connectivity index (χ1v) is 15.5. The summed E-state index contributed by atoms with van der Waals surface area (Å²) in [6, 6.07) is 11.6. The van der Waals surface area contributed by atoms with Crippen molar-refractivity contribution in [3.8, 4) is 5.75 Å². The molecule has 1 spiro atoms. The number of benzene rings is 2. The summed E-state index contributed by atoms with van der Waals surface area (Å²) >= 11 is 6.40. The van der Waals surface area contributed by atoms with E-state index in [1.54, 1.807) is 6.07 Å². The predicted octanol–water partition coefficient (Wildman–Crippen LogP) is 6.76. The van der Waals surface area contributed by atoms with Crippen molar-refractivity contribution < 1.29 is 24.1 Å². The van der Waals surface area contributed by atoms with E-state index in [0.717, 1.165) is 81.3 Å². The number of anilines is 1. The van der Waals surface area contributed by atoms with Gasteiger partial charge in [-0.25, -0.2) is 4.79 Å². The van der Waals surface area contributed by atoms with Crippen LogP contribution in [-0.2, 0) is 21.3 Å². The maximum absolute atomic E-state index is 12.0. The van der Waals surface area contributed by atoms with Crippen molar-refractivity contribution in [1.29, 1.82) is 0 Å². The lowest BCUT2D eigenvalue weighted by Gasteiger charge is -2.48. The molecule has 1 N–H and O–H groups in total. The third-order valence-corrected chi connectivity index (χ3v) is 10.1. The largest absolute Gasteiger partial charge is 0.490 e. The zero-order valence-electron chi connectivity index (χ0n) is 23.7. The fourth-order valence-electron chi connectivity index (χ4n) is 7.55. The van der Waals surface area contributed by atoms with Crippen molar-refractivity contribution in [3.05, 3.63) is 58.1 Å². The van der Waals surface area contributed by atoms with E-state index in [9.17, 15) is 9.90 Å². The van der Waals surface area contributed by atoms with Gasteiger partial charge in [0.05, 0.1) is 36.7 Å². The number of aryl methyl sites for hydroxylation is 1. The molecular formula is C33H42ClNO5. The van der Waals surface area contributed by atoms with Gasteiger partial charge in [-0.3, -0.25) is 0 Å². The van der Waals surface area contributed by atoms with Gasteiger partial charge in [0, 0.05) is 42.5 Å². The molecule has 0 radical (unpaired) electrons. The molecule has 2 aliphatic carbocycles. The number of carboxylic acid groups (broad SMARTS) is 1. The lowest BCUT2D eigenvalue weighted by molar-refractivity contribution is -0.141. The number of halogens is 1. The van der Waals surface area contributed by atoms with Crippen LogP contribution in [0.1, 0.15) is 73.9 Å². The first-order valence-electron chi connectivity index (χ1n) is 15.1. The van der Waals surface area contributed by atoms with Gasteiger partial charge in [-0.1, -0.05) is 31.5 Å². The smallest absolute Gasteiger partial charge is 0.335 e. The van der Waals surface area contributed by atoms with E-state index < -0.39 is 5.97 Å². The Morgan fingerprint density at radius 1 is 1.23 bits per heavy atom. The monoisotopic (exact) mass is 567 g/mol. The molecule has 1 saturated carbocycles. The zero-order valence-corrected chi connectivity index (χ0v) is 24.5. The molecule has 40 heavy (non-hydrogen) atoms. The Balaban J connectivity index is 1.29. The summed E-state index contributed by atoms with van der Waals surface area (Å²) in [6.07, 6.45) is 7.95. The molecule has 6 atom stereocenters. The molecule has 216 valence electrons. The lowest BCUT2D eigenvalue weighted by Crippen LogP contribution is -2.51. The second-order valence-electron chi connectivity index (χ2n) is 12.6. The van der Waals surface area contributed by atoms with Crippen LogP contribution < -0.4 is 9.64 Å². The summed E-state index contributed by atoms with van der Waals surface area (Å²) in [5.74, 6) is 1.25. The van der Waals surface area contributed by atoms with Crippen LogP contribution in [0, 0.1) is 17.8 Å². The summed E-state index contributed by atoms with van der Waals surface area (Å²) in [5, 5.41) is 10.6. The Morgan fingerprint density at radius 2 is 2.10 bits per heavy atom. The summed E-state index contributed by atoms with van der Waals surface area (Å²) in [7, 11) is 0. The molecule has 2 fully saturated rings. The van der Waals surface area contributed by atoms with Crippen LogP contribution in [0.4, 0.5) is 5.69 Å². The van der Waals surface area contributed by atoms with Crippen molar-refractivity contribution in [2.45, 2.75) is 76.4 Å². The number of hydrogen-bond donors (Lipinski definition) is 1. The first-order chi connectivity index (χ1) is 19.4. The third-order valence-electron chi connectivity index (χ3n) is 9.90. The molecule has 0 unspecified atom stereocenters. The molecule has 0 amide bonds. The topological polar surface area (TPSA) is 68.2 Å². The Bertz CT molecular complexity index is 1240. The van der Waals surface area contributed by atoms with Gasteiger partial charge in [0.15, 0.2) is 0 Å². The van der Waals surface area contributed by atoms with E-state index in [1.807, 2.05) is 18.2 Å². The average Bonchev–Trinajstić information content (AvgIpc) is 3.08. The molecule has 0 aromatic heterocycles. The molecule has 0 bridgehead atoms. The van der Waals surface area contributed by atoms with Gasteiger partial charge >= 0.3 is 5.97 Å². The first kappa shape index (κ1) is 27.9. The summed E-state index contributed by atoms with van der Waals surface area (Å²) in [5.41, 5.74) is 3.65. The van der Waals surface area contributed by atoms with E-state index >= 15 is 0 Å². The van der Waals surface area contributed by atoms with Gasteiger partial charge in [0.2, 0.25) is 0 Å². The van der Waals surface area contributed by atoms with Crippen LogP contribution in [0.15, 0.2) is 36.4 Å². The Kier molecular flexibility index (Phi) is 8.04. The minimum absolute atomic E-state index is 0.171. The van der Waals surface area contributed by atoms with Crippen LogP contribution in [0.3, 0.4) is 0 Å². The van der Waals surface area contributed by atoms with Crippen molar-refractivity contribution >= 4 is 23.3 Å². The quantitative estimate of drug-likeness (QED) is 0.399. The summed E-state index contributed by atoms with van der Waals surface area (Å²) in [4.78, 5) is 14.4. The van der Waals surface area contributed by atoms with E-state index in [2.05, 4.69) is 30.9 Å². The van der Waals surface area contributed by atoms with E-state index in [4.69, 9.17) is 25.8 Å². The molecule has 7 heteroatoms. The van der Waals surface area contributed by atoms with Gasteiger partial charge in [-0.05, 0) is 91.8 Å². The maximum atomic E-state index is 12.0. The van der Waals surface area contributed by atoms with Gasteiger partial charge < -0.3 is 24.2 Å². The maximum Gasteiger partial charge on any atom is 0.335 e. The van der Waals surface area contributed by atoms with Crippen LogP contribution in [0.5, 0.6) is 5.75 Å². The number of carbonyl (C=O) groups is 1. The van der Waals surface area contributed by atoms with Crippen LogP contribution in [0.2, 0.25) is 5.02 Å². The average molecular weight is 568 g/mol. The van der Waals surface area contributed by atoms with E-state index in [1.165, 1.54) is 17.5 Å². The van der Waals surface area contributed by atoms with Gasteiger partial charge in [-0.15, -0.1) is 0 Å². The molecule has 2 heterocycles. The normalized spacial score (nSPS) is 31.5. The fourth-order valence-corrected chi connectivity index (χ4v) is 7.75. The molecular weight excluding hydrogens is 526 g/mol. The Morgan fingerprint density at radius 3 is 2.88 bits per heavy atom. The lowest BCUT2D eigenvalue weighted by atomic mass is 9.67. The zero-order chi connectivity index (χ0) is 27.9. The van der Waals surface area contributed by atoms with E-state index in [0.29, 0.717) is 29.9 Å². The van der Waals surface area contributed by atoms with Gasteiger partial charge in [0.1, 0.15) is 5.75 Å². The number of fused-ring (bicyclic) bond motifs is 3. The number of aromatic carboxylic acids is 1. The minimum Gasteiger partial charge on any atom is -0.490 e. The molecule has 1 saturated heterocycles. The molecule has 2 aromatic carbocycles.